The van der Waals surface area contributed by atoms with Crippen LogP contribution in [0.4, 0.5) is 0 Å². The van der Waals surface area contributed by atoms with Gasteiger partial charge in [-0.15, -0.1) is 0 Å². The van der Waals surface area contributed by atoms with Crippen molar-refractivity contribution in [1.82, 2.24) is 0 Å². The lowest BCUT2D eigenvalue weighted by molar-refractivity contribution is -0.108. The number of unbranched alkanes of at least 4 members (excludes halogenated alkanes) is 2. The smallest absolute Gasteiger partial charge is 0.217 e. The fraction of sp³-hybridized carbons (Fsp3) is 0.786. The van der Waals surface area contributed by atoms with E-state index in [1.165, 1.54) is 24.6 Å². The first-order chi connectivity index (χ1) is 8.01. The Labute approximate surface area is 110 Å². The first-order valence-corrected chi connectivity index (χ1v) is 7.35. The molecule has 0 spiro atoms. The Morgan fingerprint density at radius 2 is 1.94 bits per heavy atom. The molecule has 1 atom stereocenters. The van der Waals surface area contributed by atoms with Crippen molar-refractivity contribution in [2.24, 2.45) is 0 Å². The number of thioether (sulfide) groups is 1. The largest absolute Gasteiger partial charge is 0.364 e. The summed E-state index contributed by atoms with van der Waals surface area (Å²) in [7, 11) is 0. The Balaban J connectivity index is 4.56. The van der Waals surface area contributed by atoms with E-state index in [1.807, 2.05) is 6.92 Å². The Kier molecular flexibility index (Phi) is 8.61. The van der Waals surface area contributed by atoms with E-state index < -0.39 is 0 Å². The standard InChI is InChI=1S/C14H26O2S/c1-6-9-10-11-14(7-2,16-8-3)17-13(15)12(4)5/h4,6-11H2,1-3,5H3. The predicted octanol–water partition coefficient (Wildman–Crippen LogP) is 4.55. The van der Waals surface area contributed by atoms with Crippen molar-refractivity contribution in [2.45, 2.75) is 64.7 Å². The van der Waals surface area contributed by atoms with Gasteiger partial charge in [0.2, 0.25) is 5.12 Å². The van der Waals surface area contributed by atoms with Crippen molar-refractivity contribution in [2.75, 3.05) is 6.61 Å². The molecule has 0 saturated heterocycles. The molecule has 0 aromatic heterocycles. The summed E-state index contributed by atoms with van der Waals surface area (Å²) in [4.78, 5) is 11.5. The van der Waals surface area contributed by atoms with Gasteiger partial charge in [0.15, 0.2) is 0 Å². The van der Waals surface area contributed by atoms with Gasteiger partial charge in [-0.3, -0.25) is 4.79 Å². The van der Waals surface area contributed by atoms with E-state index in [9.17, 15) is 4.79 Å². The van der Waals surface area contributed by atoms with Gasteiger partial charge >= 0.3 is 0 Å². The molecule has 0 rings (SSSR count). The minimum atomic E-state index is -0.347. The van der Waals surface area contributed by atoms with Crippen molar-refractivity contribution >= 4 is 16.9 Å². The van der Waals surface area contributed by atoms with Gasteiger partial charge in [0.25, 0.3) is 0 Å². The number of hydrogen-bond acceptors (Lipinski definition) is 3. The Morgan fingerprint density at radius 1 is 1.29 bits per heavy atom. The second-order valence-electron chi connectivity index (χ2n) is 4.32. The Bertz CT molecular complexity index is 251. The molecule has 2 nitrogen and oxygen atoms in total. The molecule has 0 bridgehead atoms. The first kappa shape index (κ1) is 16.7. The van der Waals surface area contributed by atoms with Gasteiger partial charge in [-0.25, -0.2) is 0 Å². The second kappa shape index (κ2) is 8.76. The molecule has 1 unspecified atom stereocenters. The van der Waals surface area contributed by atoms with Gasteiger partial charge in [0, 0.05) is 6.61 Å². The van der Waals surface area contributed by atoms with E-state index in [4.69, 9.17) is 4.74 Å². The highest BCUT2D eigenvalue weighted by Crippen LogP contribution is 2.37. The van der Waals surface area contributed by atoms with Crippen LogP contribution in [0.1, 0.15) is 59.8 Å². The first-order valence-electron chi connectivity index (χ1n) is 6.54. The zero-order valence-electron chi connectivity index (χ0n) is 11.7. The molecule has 0 fully saturated rings. The van der Waals surface area contributed by atoms with Crippen LogP contribution in [0.25, 0.3) is 0 Å². The molecule has 100 valence electrons. The third-order valence-corrected chi connectivity index (χ3v) is 4.25. The quantitative estimate of drug-likeness (QED) is 0.345. The van der Waals surface area contributed by atoms with E-state index >= 15 is 0 Å². The van der Waals surface area contributed by atoms with Gasteiger partial charge in [0.05, 0.1) is 0 Å². The lowest BCUT2D eigenvalue weighted by Crippen LogP contribution is -2.30. The number of carbonyl (C=O) groups excluding carboxylic acids is 1. The van der Waals surface area contributed by atoms with E-state index in [0.29, 0.717) is 12.2 Å². The fourth-order valence-corrected chi connectivity index (χ4v) is 2.75. The summed E-state index contributed by atoms with van der Waals surface area (Å²) in [6, 6.07) is 0. The number of ether oxygens (including phenoxy) is 1. The summed E-state index contributed by atoms with van der Waals surface area (Å²) < 4.78 is 5.85. The van der Waals surface area contributed by atoms with Crippen LogP contribution in [-0.2, 0) is 9.53 Å². The second-order valence-corrected chi connectivity index (χ2v) is 5.64. The maximum absolute atomic E-state index is 11.8. The molecule has 0 aromatic carbocycles. The topological polar surface area (TPSA) is 26.3 Å². The van der Waals surface area contributed by atoms with E-state index in [0.717, 1.165) is 19.3 Å². The minimum absolute atomic E-state index is 0.0526. The summed E-state index contributed by atoms with van der Waals surface area (Å²) >= 11 is 1.31. The van der Waals surface area contributed by atoms with Crippen LogP contribution >= 0.6 is 11.8 Å². The van der Waals surface area contributed by atoms with Crippen LogP contribution in [0.2, 0.25) is 0 Å². The molecule has 0 heterocycles. The average molecular weight is 258 g/mol. The Hall–Kier alpha value is -0.280. The molecule has 0 aliphatic carbocycles. The molecule has 0 N–H and O–H groups in total. The van der Waals surface area contributed by atoms with Gasteiger partial charge in [-0.2, -0.15) is 0 Å². The maximum atomic E-state index is 11.8. The van der Waals surface area contributed by atoms with Crippen molar-refractivity contribution in [1.29, 1.82) is 0 Å². The number of rotatable bonds is 9. The third kappa shape index (κ3) is 6.27. The van der Waals surface area contributed by atoms with Crippen molar-refractivity contribution < 1.29 is 9.53 Å². The molecule has 0 aromatic rings. The highest BCUT2D eigenvalue weighted by atomic mass is 32.2. The summed E-state index contributed by atoms with van der Waals surface area (Å²) in [5.74, 6) is 0. The number of carbonyl (C=O) groups is 1. The molecule has 0 aliphatic rings. The van der Waals surface area contributed by atoms with E-state index in [1.54, 1.807) is 6.92 Å². The van der Waals surface area contributed by atoms with Crippen LogP contribution in [0, 0.1) is 0 Å². The highest BCUT2D eigenvalue weighted by molar-refractivity contribution is 8.15. The Morgan fingerprint density at radius 3 is 2.35 bits per heavy atom. The zero-order chi connectivity index (χ0) is 13.3. The monoisotopic (exact) mass is 258 g/mol. The maximum Gasteiger partial charge on any atom is 0.217 e. The van der Waals surface area contributed by atoms with Gasteiger partial charge < -0.3 is 4.74 Å². The zero-order valence-corrected chi connectivity index (χ0v) is 12.5. The molecular weight excluding hydrogens is 232 g/mol. The molecular formula is C14H26O2S. The summed E-state index contributed by atoms with van der Waals surface area (Å²) in [6.07, 6.45) is 5.28. The van der Waals surface area contributed by atoms with Gasteiger partial charge in [-0.05, 0) is 50.4 Å². The van der Waals surface area contributed by atoms with Crippen molar-refractivity contribution in [3.05, 3.63) is 12.2 Å². The van der Waals surface area contributed by atoms with Crippen LogP contribution in [0.15, 0.2) is 12.2 Å². The van der Waals surface area contributed by atoms with Gasteiger partial charge in [0.1, 0.15) is 4.93 Å². The van der Waals surface area contributed by atoms with E-state index in [-0.39, 0.29) is 10.0 Å². The van der Waals surface area contributed by atoms with Crippen molar-refractivity contribution in [3.8, 4) is 0 Å². The molecule has 3 heteroatoms. The summed E-state index contributed by atoms with van der Waals surface area (Å²) in [5.41, 5.74) is 0.600. The molecule has 0 aliphatic heterocycles. The molecule has 17 heavy (non-hydrogen) atoms. The fourth-order valence-electron chi connectivity index (χ4n) is 1.67. The van der Waals surface area contributed by atoms with Crippen LogP contribution in [0.3, 0.4) is 0 Å². The highest BCUT2D eigenvalue weighted by Gasteiger charge is 2.32. The van der Waals surface area contributed by atoms with E-state index in [2.05, 4.69) is 20.4 Å². The predicted molar refractivity (Wildman–Crippen MR) is 76.2 cm³/mol. The number of hydrogen-bond donors (Lipinski definition) is 0. The van der Waals surface area contributed by atoms with Crippen LogP contribution < -0.4 is 0 Å². The van der Waals surface area contributed by atoms with Crippen LogP contribution in [0.5, 0.6) is 0 Å². The average Bonchev–Trinajstić information content (AvgIpc) is 2.29. The lowest BCUT2D eigenvalue weighted by Gasteiger charge is -2.31. The summed E-state index contributed by atoms with van der Waals surface area (Å²) in [5, 5.41) is 0.0526. The SMILES string of the molecule is C=C(C)C(=O)SC(CC)(CCCCC)OCC. The normalized spacial score (nSPS) is 14.4. The third-order valence-electron chi connectivity index (χ3n) is 2.73. The van der Waals surface area contributed by atoms with Gasteiger partial charge in [-0.1, -0.05) is 33.3 Å². The minimum Gasteiger partial charge on any atom is -0.364 e. The molecule has 0 radical (unpaired) electrons. The molecule has 0 saturated carbocycles. The van der Waals surface area contributed by atoms with Crippen molar-refractivity contribution in [3.63, 3.8) is 0 Å². The summed E-state index contributed by atoms with van der Waals surface area (Å²) in [6.45, 7) is 12.4. The lowest BCUT2D eigenvalue weighted by atomic mass is 10.1. The van der Waals surface area contributed by atoms with Crippen LogP contribution in [-0.4, -0.2) is 16.7 Å². The molecule has 0 amide bonds.